The minimum absolute atomic E-state index is 0.0163. The fraction of sp³-hybridized carbons (Fsp3) is 0.500. The third-order valence-corrected chi connectivity index (χ3v) is 4.63. The summed E-state index contributed by atoms with van der Waals surface area (Å²) in [6.07, 6.45) is 2.55. The highest BCUT2D eigenvalue weighted by Gasteiger charge is 2.38. The molecule has 0 bridgehead atoms. The van der Waals surface area contributed by atoms with Crippen LogP contribution < -0.4 is 5.32 Å². The molecule has 0 radical (unpaired) electrons. The van der Waals surface area contributed by atoms with Gasteiger partial charge in [-0.1, -0.05) is 45.0 Å². The summed E-state index contributed by atoms with van der Waals surface area (Å²) in [5, 5.41) is 3.44. The van der Waals surface area contributed by atoms with Gasteiger partial charge in [-0.25, -0.2) is 9.97 Å². The number of ether oxygens (including phenoxy) is 2. The molecule has 1 unspecified atom stereocenters. The van der Waals surface area contributed by atoms with Gasteiger partial charge in [-0.2, -0.15) is 0 Å². The molecule has 0 aliphatic carbocycles. The highest BCUT2D eigenvalue weighted by Crippen LogP contribution is 2.34. The lowest BCUT2D eigenvalue weighted by Gasteiger charge is -2.39. The van der Waals surface area contributed by atoms with E-state index in [-0.39, 0.29) is 5.41 Å². The van der Waals surface area contributed by atoms with Crippen molar-refractivity contribution in [1.29, 1.82) is 0 Å². The number of fused-ring (bicyclic) bond motifs is 1. The molecule has 1 atom stereocenters. The van der Waals surface area contributed by atoms with Gasteiger partial charge in [0, 0.05) is 18.6 Å². The Balaban J connectivity index is 1.85. The van der Waals surface area contributed by atoms with Gasteiger partial charge in [-0.15, -0.1) is 0 Å². The molecule has 5 heteroatoms. The first kappa shape index (κ1) is 17.8. The molecule has 0 spiro atoms. The predicted octanol–water partition coefficient (Wildman–Crippen LogP) is 3.30. The second-order valence-electron chi connectivity index (χ2n) is 7.57. The summed E-state index contributed by atoms with van der Waals surface area (Å²) in [5.74, 6) is 0.807. The van der Waals surface area contributed by atoms with E-state index >= 15 is 0 Å². The molecule has 25 heavy (non-hydrogen) atoms. The topological polar surface area (TPSA) is 56.3 Å². The summed E-state index contributed by atoms with van der Waals surface area (Å²) < 4.78 is 11.7. The third kappa shape index (κ3) is 3.83. The smallest absolute Gasteiger partial charge is 0.134 e. The largest absolute Gasteiger partial charge is 0.381 e. The molecule has 5 nitrogen and oxygen atoms in total. The Labute approximate surface area is 149 Å². The van der Waals surface area contributed by atoms with E-state index in [1.165, 1.54) is 11.1 Å². The molecule has 3 rings (SSSR count). The van der Waals surface area contributed by atoms with Crippen LogP contribution in [0.4, 0.5) is 5.82 Å². The first-order valence-corrected chi connectivity index (χ1v) is 8.72. The Morgan fingerprint density at radius 2 is 2.04 bits per heavy atom. The van der Waals surface area contributed by atoms with Gasteiger partial charge in [0.05, 0.1) is 25.5 Å². The quantitative estimate of drug-likeness (QED) is 0.904. The Morgan fingerprint density at radius 3 is 2.80 bits per heavy atom. The van der Waals surface area contributed by atoms with Crippen LogP contribution in [0.3, 0.4) is 0 Å². The van der Waals surface area contributed by atoms with Crippen LogP contribution >= 0.6 is 0 Å². The van der Waals surface area contributed by atoms with Gasteiger partial charge in [0.15, 0.2) is 0 Å². The van der Waals surface area contributed by atoms with Crippen molar-refractivity contribution in [2.45, 2.75) is 38.2 Å². The van der Waals surface area contributed by atoms with Gasteiger partial charge in [0.25, 0.3) is 0 Å². The number of nitrogens with one attached hydrogen (secondary N) is 1. The summed E-state index contributed by atoms with van der Waals surface area (Å²) in [6, 6.07) is 10.4. The number of anilines is 1. The number of nitrogens with zero attached hydrogens (tertiary/aromatic N) is 2. The molecule has 0 saturated carbocycles. The zero-order chi connectivity index (χ0) is 17.9. The first-order valence-electron chi connectivity index (χ1n) is 8.72. The number of aromatic nitrogens is 2. The highest BCUT2D eigenvalue weighted by molar-refractivity contribution is 5.41. The highest BCUT2D eigenvalue weighted by atomic mass is 16.5. The van der Waals surface area contributed by atoms with E-state index in [2.05, 4.69) is 60.3 Å². The zero-order valence-corrected chi connectivity index (χ0v) is 15.5. The van der Waals surface area contributed by atoms with E-state index in [9.17, 15) is 0 Å². The molecule has 2 aromatic rings. The summed E-state index contributed by atoms with van der Waals surface area (Å²) in [7, 11) is 1.71. The van der Waals surface area contributed by atoms with Crippen molar-refractivity contribution in [2.75, 3.05) is 32.2 Å². The first-order chi connectivity index (χ1) is 11.9. The molecular formula is C20H27N3O2. The second kappa shape index (κ2) is 7.10. The maximum Gasteiger partial charge on any atom is 0.134 e. The maximum absolute atomic E-state index is 6.22. The average molecular weight is 341 g/mol. The van der Waals surface area contributed by atoms with Crippen molar-refractivity contribution in [3.8, 4) is 0 Å². The van der Waals surface area contributed by atoms with Crippen LogP contribution in [0, 0.1) is 0 Å². The molecule has 0 fully saturated rings. The molecule has 134 valence electrons. The number of methoxy groups -OCH3 is 1. The summed E-state index contributed by atoms with van der Waals surface area (Å²) in [5.41, 5.74) is 3.01. The average Bonchev–Trinajstić information content (AvgIpc) is 2.60. The van der Waals surface area contributed by atoms with Crippen molar-refractivity contribution in [3.63, 3.8) is 0 Å². The number of hydrogen-bond acceptors (Lipinski definition) is 5. The SMILES string of the molecule is COCC1(CNc2cc(C(C)(C)C)ncn2)OCCc2ccccc21. The molecule has 0 amide bonds. The molecular weight excluding hydrogens is 314 g/mol. The lowest BCUT2D eigenvalue weighted by molar-refractivity contribution is -0.0937. The monoisotopic (exact) mass is 341 g/mol. The van der Waals surface area contributed by atoms with Crippen LogP contribution in [-0.4, -0.2) is 36.8 Å². The zero-order valence-electron chi connectivity index (χ0n) is 15.5. The third-order valence-electron chi connectivity index (χ3n) is 4.63. The van der Waals surface area contributed by atoms with E-state index in [1.54, 1.807) is 13.4 Å². The van der Waals surface area contributed by atoms with E-state index in [0.717, 1.165) is 17.9 Å². The molecule has 2 heterocycles. The van der Waals surface area contributed by atoms with E-state index in [1.807, 2.05) is 6.07 Å². The molecule has 1 N–H and O–H groups in total. The van der Waals surface area contributed by atoms with Crippen molar-refractivity contribution in [1.82, 2.24) is 9.97 Å². The van der Waals surface area contributed by atoms with Gasteiger partial charge in [-0.3, -0.25) is 0 Å². The number of benzene rings is 1. The Hall–Kier alpha value is -1.98. The maximum atomic E-state index is 6.22. The standard InChI is InChI=1S/C20H27N3O2/c1-19(2,3)17-11-18(23-14-22-17)21-12-20(13-24-4)16-8-6-5-7-15(16)9-10-25-20/h5-8,11,14H,9-10,12-13H2,1-4H3,(H,21,22,23). The van der Waals surface area contributed by atoms with Gasteiger partial charge in [0.2, 0.25) is 0 Å². The summed E-state index contributed by atoms with van der Waals surface area (Å²) in [6.45, 7) is 8.22. The van der Waals surface area contributed by atoms with E-state index in [0.29, 0.717) is 19.8 Å². The number of hydrogen-bond donors (Lipinski definition) is 1. The van der Waals surface area contributed by atoms with Crippen LogP contribution in [0.2, 0.25) is 0 Å². The Morgan fingerprint density at radius 1 is 1.24 bits per heavy atom. The van der Waals surface area contributed by atoms with Crippen molar-refractivity contribution in [2.24, 2.45) is 0 Å². The molecule has 1 aliphatic heterocycles. The fourth-order valence-electron chi connectivity index (χ4n) is 3.26. The van der Waals surface area contributed by atoms with Crippen molar-refractivity contribution < 1.29 is 9.47 Å². The summed E-state index contributed by atoms with van der Waals surface area (Å²) in [4.78, 5) is 8.75. The van der Waals surface area contributed by atoms with E-state index < -0.39 is 5.60 Å². The van der Waals surface area contributed by atoms with Gasteiger partial charge >= 0.3 is 0 Å². The Kier molecular flexibility index (Phi) is 5.06. The van der Waals surface area contributed by atoms with Crippen LogP contribution in [0.15, 0.2) is 36.7 Å². The predicted molar refractivity (Wildman–Crippen MR) is 98.9 cm³/mol. The van der Waals surface area contributed by atoms with Gasteiger partial charge in [0.1, 0.15) is 17.7 Å². The molecule has 1 aliphatic rings. The van der Waals surface area contributed by atoms with Crippen LogP contribution in [0.1, 0.15) is 37.6 Å². The normalized spacial score (nSPS) is 20.2. The second-order valence-corrected chi connectivity index (χ2v) is 7.57. The van der Waals surface area contributed by atoms with Gasteiger partial charge in [-0.05, 0) is 17.5 Å². The lowest BCUT2D eigenvalue weighted by Crippen LogP contribution is -2.45. The lowest BCUT2D eigenvalue weighted by atomic mass is 9.86. The molecule has 1 aromatic carbocycles. The summed E-state index contributed by atoms with van der Waals surface area (Å²) >= 11 is 0. The number of rotatable bonds is 5. The minimum atomic E-state index is -0.504. The van der Waals surface area contributed by atoms with Crippen molar-refractivity contribution in [3.05, 3.63) is 53.5 Å². The Bertz CT molecular complexity index is 727. The fourth-order valence-corrected chi connectivity index (χ4v) is 3.26. The van der Waals surface area contributed by atoms with E-state index in [4.69, 9.17) is 9.47 Å². The van der Waals surface area contributed by atoms with Crippen LogP contribution in [0.5, 0.6) is 0 Å². The van der Waals surface area contributed by atoms with Crippen molar-refractivity contribution >= 4 is 5.82 Å². The van der Waals surface area contributed by atoms with Crippen LogP contribution in [-0.2, 0) is 26.9 Å². The minimum Gasteiger partial charge on any atom is -0.381 e. The van der Waals surface area contributed by atoms with Crippen LogP contribution in [0.25, 0.3) is 0 Å². The van der Waals surface area contributed by atoms with Gasteiger partial charge < -0.3 is 14.8 Å². The molecule has 1 aromatic heterocycles. The molecule has 0 saturated heterocycles.